The first-order valence-corrected chi connectivity index (χ1v) is 6.11. The van der Waals surface area contributed by atoms with Gasteiger partial charge in [-0.1, -0.05) is 0 Å². The van der Waals surface area contributed by atoms with Crippen LogP contribution >= 0.6 is 0 Å². The minimum absolute atomic E-state index is 0.0614. The monoisotopic (exact) mass is 281 g/mol. The number of benzene rings is 1. The molecule has 0 saturated heterocycles. The molecule has 0 saturated carbocycles. The Morgan fingerprint density at radius 3 is 2.70 bits per heavy atom. The van der Waals surface area contributed by atoms with Crippen LogP contribution in [0.15, 0.2) is 12.1 Å². The molecule has 0 radical (unpaired) electrons. The quantitative estimate of drug-likeness (QED) is 0.591. The van der Waals surface area contributed by atoms with Crippen molar-refractivity contribution < 1.29 is 14.1 Å². The number of rotatable bonds is 6. The van der Waals surface area contributed by atoms with Crippen LogP contribution in [0.1, 0.15) is 13.8 Å². The van der Waals surface area contributed by atoms with Crippen molar-refractivity contribution in [3.05, 3.63) is 28.1 Å². The van der Waals surface area contributed by atoms with Crippen LogP contribution in [0.2, 0.25) is 0 Å². The maximum Gasteiger partial charge on any atom is 0.295 e. The van der Waals surface area contributed by atoms with Crippen molar-refractivity contribution in [2.45, 2.75) is 13.8 Å². The Morgan fingerprint density at radius 2 is 2.25 bits per heavy atom. The van der Waals surface area contributed by atoms with Crippen molar-refractivity contribution in [2.24, 2.45) is 5.92 Å². The second-order valence-electron chi connectivity index (χ2n) is 4.30. The number of nitro benzene ring substituents is 1. The van der Waals surface area contributed by atoms with Crippen LogP contribution in [-0.2, 0) is 0 Å². The predicted molar refractivity (Wildman–Crippen MR) is 72.3 cm³/mol. The average molecular weight is 281 g/mol. The highest BCUT2D eigenvalue weighted by Gasteiger charge is 2.23. The van der Waals surface area contributed by atoms with Crippen molar-refractivity contribution in [2.75, 3.05) is 25.1 Å². The van der Waals surface area contributed by atoms with Crippen LogP contribution in [0.5, 0.6) is 5.75 Å². The van der Waals surface area contributed by atoms with Crippen molar-refractivity contribution in [3.8, 4) is 11.8 Å². The molecule has 0 aliphatic carbocycles. The fourth-order valence-electron chi connectivity index (χ4n) is 1.86. The maximum atomic E-state index is 13.6. The molecule has 1 unspecified atom stereocenters. The van der Waals surface area contributed by atoms with E-state index in [1.165, 1.54) is 13.2 Å². The number of hydrogen-bond acceptors (Lipinski definition) is 5. The molecular formula is C13H16FN3O3. The summed E-state index contributed by atoms with van der Waals surface area (Å²) >= 11 is 0. The zero-order chi connectivity index (χ0) is 15.3. The number of nitriles is 1. The van der Waals surface area contributed by atoms with Gasteiger partial charge >= 0.3 is 0 Å². The predicted octanol–water partition coefficient (Wildman–Crippen LogP) is 2.73. The van der Waals surface area contributed by atoms with Crippen molar-refractivity contribution in [3.63, 3.8) is 0 Å². The van der Waals surface area contributed by atoms with Crippen molar-refractivity contribution in [1.29, 1.82) is 5.26 Å². The Labute approximate surface area is 116 Å². The fraction of sp³-hybridized carbons (Fsp3) is 0.462. The summed E-state index contributed by atoms with van der Waals surface area (Å²) in [4.78, 5) is 12.1. The first-order valence-electron chi connectivity index (χ1n) is 6.11. The van der Waals surface area contributed by atoms with Crippen LogP contribution in [0.4, 0.5) is 15.8 Å². The van der Waals surface area contributed by atoms with Gasteiger partial charge in [0, 0.05) is 19.2 Å². The molecule has 0 N–H and O–H groups in total. The lowest BCUT2D eigenvalue weighted by Crippen LogP contribution is -2.28. The second-order valence-corrected chi connectivity index (χ2v) is 4.30. The number of anilines is 1. The van der Waals surface area contributed by atoms with E-state index >= 15 is 0 Å². The van der Waals surface area contributed by atoms with Crippen LogP contribution in [0.3, 0.4) is 0 Å². The van der Waals surface area contributed by atoms with Crippen LogP contribution in [0, 0.1) is 33.2 Å². The lowest BCUT2D eigenvalue weighted by molar-refractivity contribution is -0.384. The van der Waals surface area contributed by atoms with Gasteiger partial charge in [-0.2, -0.15) is 5.26 Å². The number of ether oxygens (including phenoxy) is 1. The van der Waals surface area contributed by atoms with Gasteiger partial charge in [-0.15, -0.1) is 0 Å². The molecule has 0 bridgehead atoms. The highest BCUT2D eigenvalue weighted by Crippen LogP contribution is 2.34. The van der Waals surface area contributed by atoms with E-state index in [-0.39, 0.29) is 23.0 Å². The summed E-state index contributed by atoms with van der Waals surface area (Å²) in [6.07, 6.45) is 0. The largest absolute Gasteiger partial charge is 0.494 e. The van der Waals surface area contributed by atoms with E-state index < -0.39 is 10.7 Å². The fourth-order valence-corrected chi connectivity index (χ4v) is 1.86. The lowest BCUT2D eigenvalue weighted by Gasteiger charge is -2.24. The minimum Gasteiger partial charge on any atom is -0.494 e. The van der Waals surface area contributed by atoms with Gasteiger partial charge in [0.1, 0.15) is 5.69 Å². The lowest BCUT2D eigenvalue weighted by atomic mass is 10.1. The molecule has 0 aromatic heterocycles. The molecule has 1 aromatic carbocycles. The van der Waals surface area contributed by atoms with Gasteiger partial charge in [0.25, 0.3) is 5.69 Å². The summed E-state index contributed by atoms with van der Waals surface area (Å²) in [6.45, 7) is 4.31. The number of hydrogen-bond donors (Lipinski definition) is 0. The number of methoxy groups -OCH3 is 1. The molecule has 0 aliphatic rings. The van der Waals surface area contributed by atoms with Gasteiger partial charge in [-0.25, -0.2) is 4.39 Å². The molecule has 0 heterocycles. The van der Waals surface area contributed by atoms with Gasteiger partial charge in [0.2, 0.25) is 0 Å². The molecule has 1 atom stereocenters. The van der Waals surface area contributed by atoms with Gasteiger partial charge in [0.15, 0.2) is 11.6 Å². The standard InChI is InChI=1S/C13H16FN3O3/c1-4-16(8-9(2)7-15)11-6-13(20-3)10(14)5-12(11)17(18)19/h5-6,9H,4,8H2,1-3H3. The van der Waals surface area contributed by atoms with E-state index in [4.69, 9.17) is 10.00 Å². The molecule has 108 valence electrons. The molecule has 20 heavy (non-hydrogen) atoms. The summed E-state index contributed by atoms with van der Waals surface area (Å²) in [5, 5.41) is 19.9. The normalized spacial score (nSPS) is 11.6. The Hall–Kier alpha value is -2.36. The van der Waals surface area contributed by atoms with Crippen molar-refractivity contribution in [1.82, 2.24) is 0 Å². The smallest absolute Gasteiger partial charge is 0.295 e. The summed E-state index contributed by atoms with van der Waals surface area (Å²) in [5.41, 5.74) is -0.0897. The van der Waals surface area contributed by atoms with Crippen LogP contribution < -0.4 is 9.64 Å². The summed E-state index contributed by atoms with van der Waals surface area (Å²) in [7, 11) is 1.29. The van der Waals surface area contributed by atoms with Gasteiger partial charge in [-0.05, 0) is 13.8 Å². The highest BCUT2D eigenvalue weighted by molar-refractivity contribution is 5.66. The minimum atomic E-state index is -0.785. The Balaban J connectivity index is 3.31. The molecule has 7 heteroatoms. The number of halogens is 1. The van der Waals surface area contributed by atoms with Crippen molar-refractivity contribution >= 4 is 11.4 Å². The topological polar surface area (TPSA) is 79.4 Å². The molecule has 0 spiro atoms. The summed E-state index contributed by atoms with van der Waals surface area (Å²) in [5.74, 6) is -1.15. The zero-order valence-corrected chi connectivity index (χ0v) is 11.6. The summed E-state index contributed by atoms with van der Waals surface area (Å²) in [6, 6.07) is 4.21. The number of nitro groups is 1. The Bertz CT molecular complexity index is 542. The third kappa shape index (κ3) is 3.35. The highest BCUT2D eigenvalue weighted by atomic mass is 19.1. The van der Waals surface area contributed by atoms with Crippen LogP contribution in [0.25, 0.3) is 0 Å². The zero-order valence-electron chi connectivity index (χ0n) is 11.6. The van der Waals surface area contributed by atoms with E-state index in [0.717, 1.165) is 6.07 Å². The van der Waals surface area contributed by atoms with Gasteiger partial charge < -0.3 is 9.64 Å². The number of nitrogens with zero attached hydrogens (tertiary/aromatic N) is 3. The van der Waals surface area contributed by atoms with E-state index in [0.29, 0.717) is 13.1 Å². The summed E-state index contributed by atoms with van der Waals surface area (Å²) < 4.78 is 18.4. The first kappa shape index (κ1) is 15.7. The molecule has 0 fully saturated rings. The van der Waals surface area contributed by atoms with E-state index in [1.54, 1.807) is 11.8 Å². The van der Waals surface area contributed by atoms with E-state index in [9.17, 15) is 14.5 Å². The Morgan fingerprint density at radius 1 is 1.60 bits per heavy atom. The van der Waals surface area contributed by atoms with Crippen LogP contribution in [-0.4, -0.2) is 25.1 Å². The van der Waals surface area contributed by atoms with Gasteiger partial charge in [-0.3, -0.25) is 10.1 Å². The Kier molecular flexibility index (Phi) is 5.26. The van der Waals surface area contributed by atoms with Gasteiger partial charge in [0.05, 0.1) is 30.1 Å². The molecule has 0 aliphatic heterocycles. The molecule has 1 rings (SSSR count). The third-order valence-electron chi connectivity index (χ3n) is 2.88. The molecule has 0 amide bonds. The third-order valence-corrected chi connectivity index (χ3v) is 2.88. The molecule has 6 nitrogen and oxygen atoms in total. The van der Waals surface area contributed by atoms with E-state index in [1.807, 2.05) is 6.92 Å². The first-order chi connectivity index (χ1) is 9.44. The SMILES string of the molecule is CCN(CC(C)C#N)c1cc(OC)c(F)cc1[N+](=O)[O-]. The van der Waals surface area contributed by atoms with E-state index in [2.05, 4.69) is 6.07 Å². The molecule has 1 aromatic rings. The maximum absolute atomic E-state index is 13.6. The average Bonchev–Trinajstić information content (AvgIpc) is 2.44. The second kappa shape index (κ2) is 6.70. The molecular weight excluding hydrogens is 265 g/mol.